The quantitative estimate of drug-likeness (QED) is 0.112. The molecule has 0 aliphatic carbocycles. The average molecular weight is 1170 g/mol. The molecule has 12 aromatic rings. The maximum atomic E-state index is 6.44. The van der Waals surface area contributed by atoms with Crippen LogP contribution in [0.5, 0.6) is 0 Å². The standard InChI is InChI=1S/C80H86N4O4/c1-47-43-85-51(5)73(47)81(59-29-21-55(22-30-59)77(9,10)11)67-41-68(82(74-48(2)44-86-52(74)6)60-31-23-56(24-32-60)78(12,13)14)64-39-40-66-70(84(76-50(4)46-88-54(76)8)62-35-27-58(28-36-62)80(18,19)20)42-69(65-38-37-63(67)71(64)72(65)66)83(75-49(3)45-87-53(75)7)61-33-25-57(26-34-61)79(15,16)17/h21-46H,1-20H3. The summed E-state index contributed by atoms with van der Waals surface area (Å²) in [5.41, 5.74) is 21.0. The van der Waals surface area contributed by atoms with Gasteiger partial charge in [0.25, 0.3) is 0 Å². The highest BCUT2D eigenvalue weighted by molar-refractivity contribution is 6.33. The molecule has 0 bridgehead atoms. The molecule has 0 spiro atoms. The van der Waals surface area contributed by atoms with Crippen molar-refractivity contribution in [2.24, 2.45) is 0 Å². The second kappa shape index (κ2) is 21.5. The molecule has 0 aliphatic heterocycles. The van der Waals surface area contributed by atoms with Crippen molar-refractivity contribution in [1.82, 2.24) is 0 Å². The van der Waals surface area contributed by atoms with Crippen molar-refractivity contribution in [3.8, 4) is 0 Å². The molecule has 0 saturated carbocycles. The lowest BCUT2D eigenvalue weighted by atomic mass is 9.86. The van der Waals surface area contributed by atoms with E-state index >= 15 is 0 Å². The van der Waals surface area contributed by atoms with Gasteiger partial charge in [0.2, 0.25) is 0 Å². The Morgan fingerprint density at radius 1 is 0.250 bits per heavy atom. The van der Waals surface area contributed by atoms with E-state index in [1.807, 2.05) is 25.1 Å². The van der Waals surface area contributed by atoms with Crippen molar-refractivity contribution in [1.29, 1.82) is 0 Å². The summed E-state index contributed by atoms with van der Waals surface area (Å²) in [4.78, 5) is 9.76. The highest BCUT2D eigenvalue weighted by atomic mass is 16.3. The van der Waals surface area contributed by atoms with Gasteiger partial charge in [-0.05, 0) is 160 Å². The van der Waals surface area contributed by atoms with Gasteiger partial charge >= 0.3 is 0 Å². The molecule has 0 aliphatic rings. The van der Waals surface area contributed by atoms with Gasteiger partial charge in [0, 0.05) is 77.3 Å². The minimum atomic E-state index is -0.0596. The van der Waals surface area contributed by atoms with Crippen LogP contribution in [0.15, 0.2) is 176 Å². The van der Waals surface area contributed by atoms with E-state index in [0.29, 0.717) is 0 Å². The molecule has 0 amide bonds. The van der Waals surface area contributed by atoms with Crippen LogP contribution >= 0.6 is 0 Å². The van der Waals surface area contributed by atoms with Crippen LogP contribution in [0.1, 0.15) is 151 Å². The third kappa shape index (κ3) is 10.2. The Morgan fingerprint density at radius 2 is 0.432 bits per heavy atom. The van der Waals surface area contributed by atoms with Crippen molar-refractivity contribution in [2.75, 3.05) is 19.6 Å². The minimum absolute atomic E-state index is 0.0596. The Balaban J connectivity index is 1.31. The average Bonchev–Trinajstić information content (AvgIpc) is 0.831. The molecule has 4 aromatic heterocycles. The Kier molecular flexibility index (Phi) is 14.5. The van der Waals surface area contributed by atoms with Gasteiger partial charge in [-0.15, -0.1) is 0 Å². The lowest BCUT2D eigenvalue weighted by Gasteiger charge is -2.35. The molecular formula is C80H86N4O4. The van der Waals surface area contributed by atoms with E-state index in [2.05, 4.69) is 292 Å². The fourth-order valence-electron chi connectivity index (χ4n) is 13.3. The molecule has 8 heteroatoms. The van der Waals surface area contributed by atoms with E-state index < -0.39 is 0 Å². The summed E-state index contributed by atoms with van der Waals surface area (Å²) in [7, 11) is 0. The molecule has 450 valence electrons. The number of nitrogens with zero attached hydrogens (tertiary/aromatic N) is 4. The number of aryl methyl sites for hydroxylation is 8. The van der Waals surface area contributed by atoms with Crippen molar-refractivity contribution in [2.45, 2.75) is 160 Å². The van der Waals surface area contributed by atoms with Gasteiger partial charge in [-0.25, -0.2) is 0 Å². The van der Waals surface area contributed by atoms with Crippen LogP contribution in [0.4, 0.5) is 68.2 Å². The van der Waals surface area contributed by atoms with Gasteiger partial charge in [0.05, 0.1) is 70.6 Å². The van der Waals surface area contributed by atoms with Gasteiger partial charge in [-0.2, -0.15) is 0 Å². The largest absolute Gasteiger partial charge is 0.467 e. The first-order chi connectivity index (χ1) is 41.5. The van der Waals surface area contributed by atoms with E-state index in [0.717, 1.165) is 146 Å². The fourth-order valence-corrected chi connectivity index (χ4v) is 13.3. The third-order valence-electron chi connectivity index (χ3n) is 18.1. The van der Waals surface area contributed by atoms with Crippen molar-refractivity contribution in [3.05, 3.63) is 226 Å². The van der Waals surface area contributed by atoms with Crippen LogP contribution in [0, 0.1) is 55.4 Å². The topological polar surface area (TPSA) is 65.5 Å². The first-order valence-corrected chi connectivity index (χ1v) is 31.1. The molecule has 0 radical (unpaired) electrons. The fraction of sp³-hybridized carbons (Fsp3) is 0.300. The highest BCUT2D eigenvalue weighted by Crippen LogP contribution is 2.57. The van der Waals surface area contributed by atoms with Crippen LogP contribution in [0.2, 0.25) is 0 Å². The maximum Gasteiger partial charge on any atom is 0.124 e. The highest BCUT2D eigenvalue weighted by Gasteiger charge is 2.34. The lowest BCUT2D eigenvalue weighted by molar-refractivity contribution is 0.533. The molecule has 0 saturated heterocycles. The van der Waals surface area contributed by atoms with Gasteiger partial charge in [0.15, 0.2) is 0 Å². The molecule has 0 unspecified atom stereocenters. The van der Waals surface area contributed by atoms with Crippen LogP contribution in [-0.2, 0) is 21.7 Å². The first kappa shape index (κ1) is 59.5. The molecule has 0 atom stereocenters. The number of anilines is 12. The second-order valence-electron chi connectivity index (χ2n) is 28.7. The van der Waals surface area contributed by atoms with E-state index in [4.69, 9.17) is 17.7 Å². The van der Waals surface area contributed by atoms with E-state index in [-0.39, 0.29) is 21.7 Å². The van der Waals surface area contributed by atoms with Crippen molar-refractivity contribution in [3.63, 3.8) is 0 Å². The zero-order chi connectivity index (χ0) is 62.8. The van der Waals surface area contributed by atoms with Crippen LogP contribution in [-0.4, -0.2) is 0 Å². The lowest BCUT2D eigenvalue weighted by Crippen LogP contribution is -2.18. The third-order valence-corrected chi connectivity index (χ3v) is 18.1. The molecule has 12 rings (SSSR count). The number of hydrogen-bond donors (Lipinski definition) is 0. The number of benzene rings is 8. The van der Waals surface area contributed by atoms with E-state index in [1.165, 1.54) is 22.3 Å². The van der Waals surface area contributed by atoms with E-state index in [9.17, 15) is 0 Å². The smallest absolute Gasteiger partial charge is 0.124 e. The Bertz CT molecular complexity index is 3900. The van der Waals surface area contributed by atoms with Crippen molar-refractivity contribution < 1.29 is 17.7 Å². The summed E-state index contributed by atoms with van der Waals surface area (Å²) in [6.45, 7) is 44.3. The maximum absolute atomic E-state index is 6.44. The predicted octanol–water partition coefficient (Wildman–Crippen LogP) is 24.5. The van der Waals surface area contributed by atoms with Gasteiger partial charge in [-0.1, -0.05) is 156 Å². The zero-order valence-electron chi connectivity index (χ0n) is 55.4. The van der Waals surface area contributed by atoms with Gasteiger partial charge in [-0.3, -0.25) is 0 Å². The Morgan fingerprint density at radius 3 is 0.580 bits per heavy atom. The summed E-state index contributed by atoms with van der Waals surface area (Å²) in [5.74, 6) is 3.29. The summed E-state index contributed by atoms with van der Waals surface area (Å²) in [6, 6.07) is 50.9. The Labute approximate surface area is 521 Å². The second-order valence-corrected chi connectivity index (χ2v) is 28.7. The van der Waals surface area contributed by atoms with Gasteiger partial charge in [0.1, 0.15) is 23.0 Å². The van der Waals surface area contributed by atoms with Crippen LogP contribution in [0.3, 0.4) is 0 Å². The Hall–Kier alpha value is -8.88. The van der Waals surface area contributed by atoms with Crippen LogP contribution < -0.4 is 19.6 Å². The molecule has 0 N–H and O–H groups in total. The number of hydrogen-bond acceptors (Lipinski definition) is 8. The molecule has 4 heterocycles. The first-order valence-electron chi connectivity index (χ1n) is 31.1. The summed E-state index contributed by atoms with van der Waals surface area (Å²) in [5, 5.41) is 6.55. The summed E-state index contributed by atoms with van der Waals surface area (Å²) >= 11 is 0. The van der Waals surface area contributed by atoms with Gasteiger partial charge < -0.3 is 37.3 Å². The SMILES string of the molecule is Cc1coc(C)c1N(c1ccc(C(C)(C)C)cc1)c1cc(N(c2ccc(C(C)(C)C)cc2)c2c(C)coc2C)c2ccc3c(N(c4ccc(C(C)(C)C)cc4)c4c(C)coc4C)cc(N(c4ccc(C(C)(C)C)cc4)c4c(C)coc4C)c4ccc1c2c43. The summed E-state index contributed by atoms with van der Waals surface area (Å²) < 4.78 is 25.7. The molecule has 0 fully saturated rings. The normalized spacial score (nSPS) is 12.5. The van der Waals surface area contributed by atoms with E-state index in [1.54, 1.807) is 0 Å². The molecule has 8 aromatic carbocycles. The zero-order valence-corrected chi connectivity index (χ0v) is 55.4. The minimum Gasteiger partial charge on any atom is -0.467 e. The van der Waals surface area contributed by atoms with Crippen molar-refractivity contribution >= 4 is 101 Å². The number of furan rings is 4. The molecule has 88 heavy (non-hydrogen) atoms. The predicted molar refractivity (Wildman–Crippen MR) is 371 cm³/mol. The molecule has 8 nitrogen and oxygen atoms in total. The monoisotopic (exact) mass is 1170 g/mol. The molecular weight excluding hydrogens is 1080 g/mol. The van der Waals surface area contributed by atoms with Crippen LogP contribution in [0.25, 0.3) is 32.3 Å². The number of rotatable bonds is 12. The summed E-state index contributed by atoms with van der Waals surface area (Å²) in [6.07, 6.45) is 7.57.